The number of nitrogens with zero attached hydrogens (tertiary/aromatic N) is 3. The van der Waals surface area contributed by atoms with Gasteiger partial charge in [-0.25, -0.2) is 14.8 Å². The summed E-state index contributed by atoms with van der Waals surface area (Å²) in [5, 5.41) is 8.90. The second kappa shape index (κ2) is 5.41. The molecule has 1 saturated heterocycles. The van der Waals surface area contributed by atoms with Gasteiger partial charge in [-0.2, -0.15) is 0 Å². The predicted molar refractivity (Wildman–Crippen MR) is 66.5 cm³/mol. The molecule has 2 heterocycles. The number of rotatable bonds is 3. The normalized spacial score (nSPS) is 18.2. The number of hydrogen-bond acceptors (Lipinski definition) is 6. The van der Waals surface area contributed by atoms with E-state index in [4.69, 9.17) is 16.7 Å². The van der Waals surface area contributed by atoms with Crippen LogP contribution in [-0.2, 0) is 14.3 Å². The zero-order valence-electron chi connectivity index (χ0n) is 10.4. The molecule has 1 aliphatic heterocycles. The first-order valence-electron chi connectivity index (χ1n) is 5.58. The smallest absolute Gasteiger partial charge is 0.360 e. The summed E-state index contributed by atoms with van der Waals surface area (Å²) in [5.74, 6) is -3.22. The molecule has 1 unspecified atom stereocenters. The Kier molecular flexibility index (Phi) is 3.84. The first-order chi connectivity index (χ1) is 9.43. The molecule has 0 aliphatic carbocycles. The van der Waals surface area contributed by atoms with Crippen LogP contribution in [0.5, 0.6) is 0 Å². The van der Waals surface area contributed by atoms with Gasteiger partial charge in [0.2, 0.25) is 5.91 Å². The minimum Gasteiger partial charge on any atom is -0.481 e. The molecule has 1 N–H and O–H groups in total. The monoisotopic (exact) mass is 299 g/mol. The molecule has 0 saturated carbocycles. The van der Waals surface area contributed by atoms with Crippen molar-refractivity contribution < 1.29 is 24.2 Å². The second-order valence-electron chi connectivity index (χ2n) is 4.10. The van der Waals surface area contributed by atoms with Gasteiger partial charge in [0.25, 0.3) is 0 Å². The van der Waals surface area contributed by atoms with Crippen LogP contribution in [0.15, 0.2) is 6.20 Å². The molecule has 1 atom stereocenters. The molecule has 8 nitrogen and oxygen atoms in total. The van der Waals surface area contributed by atoms with Gasteiger partial charge in [0.1, 0.15) is 5.15 Å². The minimum atomic E-state index is -1.08. The Morgan fingerprint density at radius 2 is 2.25 bits per heavy atom. The van der Waals surface area contributed by atoms with E-state index in [-0.39, 0.29) is 29.6 Å². The van der Waals surface area contributed by atoms with Crippen LogP contribution >= 0.6 is 11.6 Å². The van der Waals surface area contributed by atoms with Crippen molar-refractivity contribution in [3.63, 3.8) is 0 Å². The number of carboxylic acid groups (broad SMARTS) is 1. The van der Waals surface area contributed by atoms with Gasteiger partial charge >= 0.3 is 11.9 Å². The number of aromatic nitrogens is 2. The van der Waals surface area contributed by atoms with E-state index in [2.05, 4.69) is 14.7 Å². The number of carbonyl (C=O) groups excluding carboxylic acids is 2. The molecule has 0 bridgehead atoms. The maximum atomic E-state index is 11.8. The highest BCUT2D eigenvalue weighted by molar-refractivity contribution is 6.29. The summed E-state index contributed by atoms with van der Waals surface area (Å²) >= 11 is 5.66. The van der Waals surface area contributed by atoms with Crippen LogP contribution in [-0.4, -0.2) is 46.6 Å². The molecular weight excluding hydrogens is 290 g/mol. The fraction of sp³-hybridized carbons (Fsp3) is 0.364. The molecule has 1 amide bonds. The van der Waals surface area contributed by atoms with E-state index in [9.17, 15) is 14.4 Å². The quantitative estimate of drug-likeness (QED) is 0.802. The Morgan fingerprint density at radius 1 is 1.55 bits per heavy atom. The molecule has 1 aliphatic rings. The van der Waals surface area contributed by atoms with Crippen molar-refractivity contribution in [3.8, 4) is 0 Å². The molecule has 1 fully saturated rings. The van der Waals surface area contributed by atoms with Crippen molar-refractivity contribution in [1.82, 2.24) is 9.97 Å². The van der Waals surface area contributed by atoms with Crippen LogP contribution in [0.4, 0.5) is 5.82 Å². The summed E-state index contributed by atoms with van der Waals surface area (Å²) in [4.78, 5) is 43.2. The summed E-state index contributed by atoms with van der Waals surface area (Å²) in [6.07, 6.45) is 1.02. The summed E-state index contributed by atoms with van der Waals surface area (Å²) in [7, 11) is 1.15. The number of hydrogen-bond donors (Lipinski definition) is 1. The zero-order valence-corrected chi connectivity index (χ0v) is 11.1. The van der Waals surface area contributed by atoms with Crippen LogP contribution in [0, 0.1) is 5.92 Å². The molecule has 20 heavy (non-hydrogen) atoms. The lowest BCUT2D eigenvalue weighted by Crippen LogP contribution is -2.29. The van der Waals surface area contributed by atoms with Crippen molar-refractivity contribution in [2.75, 3.05) is 18.6 Å². The predicted octanol–water partition coefficient (Wildman–Crippen LogP) is 0.354. The van der Waals surface area contributed by atoms with E-state index < -0.39 is 23.8 Å². The lowest BCUT2D eigenvalue weighted by Gasteiger charge is -2.16. The highest BCUT2D eigenvalue weighted by Gasteiger charge is 2.38. The fourth-order valence-electron chi connectivity index (χ4n) is 1.87. The van der Waals surface area contributed by atoms with Crippen LogP contribution < -0.4 is 4.90 Å². The van der Waals surface area contributed by atoms with E-state index in [0.29, 0.717) is 0 Å². The van der Waals surface area contributed by atoms with Crippen molar-refractivity contribution >= 4 is 35.3 Å². The van der Waals surface area contributed by atoms with Gasteiger partial charge in [0.05, 0.1) is 19.2 Å². The van der Waals surface area contributed by atoms with Crippen molar-refractivity contribution in [3.05, 3.63) is 17.0 Å². The van der Waals surface area contributed by atoms with E-state index >= 15 is 0 Å². The lowest BCUT2D eigenvalue weighted by molar-refractivity contribution is -0.141. The minimum absolute atomic E-state index is 0.0319. The third kappa shape index (κ3) is 2.55. The van der Waals surface area contributed by atoms with Gasteiger partial charge in [-0.15, -0.1) is 0 Å². The molecule has 106 valence electrons. The van der Waals surface area contributed by atoms with E-state index in [1.54, 1.807) is 0 Å². The van der Waals surface area contributed by atoms with Crippen LogP contribution in [0.25, 0.3) is 0 Å². The highest BCUT2D eigenvalue weighted by Crippen LogP contribution is 2.26. The number of amides is 1. The molecule has 9 heteroatoms. The lowest BCUT2D eigenvalue weighted by atomic mass is 10.1. The number of methoxy groups -OCH3 is 1. The largest absolute Gasteiger partial charge is 0.481 e. The van der Waals surface area contributed by atoms with Gasteiger partial charge in [0, 0.05) is 13.0 Å². The van der Waals surface area contributed by atoms with Gasteiger partial charge < -0.3 is 9.84 Å². The van der Waals surface area contributed by atoms with Crippen molar-refractivity contribution in [2.45, 2.75) is 6.42 Å². The zero-order chi connectivity index (χ0) is 14.9. The molecule has 0 radical (unpaired) electrons. The summed E-state index contributed by atoms with van der Waals surface area (Å²) in [5.41, 5.74) is -0.223. The number of halogens is 1. The highest BCUT2D eigenvalue weighted by atomic mass is 35.5. The Morgan fingerprint density at radius 3 is 2.80 bits per heavy atom. The number of ether oxygens (including phenoxy) is 1. The number of carboxylic acids is 1. The van der Waals surface area contributed by atoms with Crippen LogP contribution in [0.1, 0.15) is 16.9 Å². The van der Waals surface area contributed by atoms with Crippen molar-refractivity contribution in [1.29, 1.82) is 0 Å². The summed E-state index contributed by atoms with van der Waals surface area (Å²) < 4.78 is 4.55. The number of esters is 1. The molecule has 2 rings (SSSR count). The first-order valence-corrected chi connectivity index (χ1v) is 5.96. The van der Waals surface area contributed by atoms with E-state index in [1.807, 2.05) is 0 Å². The molecule has 0 aromatic carbocycles. The van der Waals surface area contributed by atoms with Gasteiger partial charge in [-0.3, -0.25) is 14.5 Å². The summed E-state index contributed by atoms with van der Waals surface area (Å²) in [6, 6.07) is 0. The Balaban J connectivity index is 2.40. The third-order valence-electron chi connectivity index (χ3n) is 2.83. The number of carbonyl (C=O) groups is 3. The van der Waals surface area contributed by atoms with Gasteiger partial charge in [0.15, 0.2) is 11.5 Å². The first kappa shape index (κ1) is 14.2. The summed E-state index contributed by atoms with van der Waals surface area (Å²) in [6.45, 7) is -0.0749. The molecule has 1 aromatic rings. The average molecular weight is 300 g/mol. The molecule has 0 spiro atoms. The van der Waals surface area contributed by atoms with Gasteiger partial charge in [-0.05, 0) is 0 Å². The van der Waals surface area contributed by atoms with E-state index in [0.717, 1.165) is 12.0 Å². The van der Waals surface area contributed by atoms with Gasteiger partial charge in [-0.1, -0.05) is 11.6 Å². The van der Waals surface area contributed by atoms with Crippen LogP contribution in [0.2, 0.25) is 5.15 Å². The molecule has 1 aromatic heterocycles. The Labute approximate surface area is 118 Å². The van der Waals surface area contributed by atoms with Crippen molar-refractivity contribution in [2.24, 2.45) is 5.92 Å². The number of anilines is 1. The fourth-order valence-corrected chi connectivity index (χ4v) is 2.00. The third-order valence-corrected chi connectivity index (χ3v) is 3.01. The second-order valence-corrected chi connectivity index (χ2v) is 4.49. The maximum absolute atomic E-state index is 11.8. The standard InChI is InChI=1S/C11H10ClN3O5/c1-20-11(19)8-9(13-3-6(12)14-8)15-4-5(10(17)18)2-7(15)16/h3,5H,2,4H2,1H3,(H,17,18). The average Bonchev–Trinajstić information content (AvgIpc) is 2.80. The number of aliphatic carboxylic acids is 1. The Hall–Kier alpha value is -2.22. The maximum Gasteiger partial charge on any atom is 0.360 e. The molecular formula is C11H10ClN3O5. The topological polar surface area (TPSA) is 110 Å². The van der Waals surface area contributed by atoms with E-state index in [1.165, 1.54) is 6.20 Å². The van der Waals surface area contributed by atoms with Crippen LogP contribution in [0.3, 0.4) is 0 Å². The Bertz CT molecular complexity index is 591. The SMILES string of the molecule is COC(=O)c1nc(Cl)cnc1N1CC(C(=O)O)CC1=O.